The number of hydrogen-bond acceptors (Lipinski definition) is 4. The minimum absolute atomic E-state index is 0.0462. The van der Waals surface area contributed by atoms with Crippen LogP contribution in [0.2, 0.25) is 0 Å². The highest BCUT2D eigenvalue weighted by Gasteiger charge is 2.37. The number of nitrogens with one attached hydrogen (secondary N) is 2. The fraction of sp³-hybridized carbons (Fsp3) is 0.917. The van der Waals surface area contributed by atoms with Gasteiger partial charge >= 0.3 is 0 Å². The third-order valence-electron chi connectivity index (χ3n) is 3.32. The Kier molecular flexibility index (Phi) is 5.36. The monoisotopic (exact) mass is 244 g/mol. The van der Waals surface area contributed by atoms with Crippen LogP contribution in [0.4, 0.5) is 0 Å². The van der Waals surface area contributed by atoms with Crippen molar-refractivity contribution in [3.63, 3.8) is 0 Å². The van der Waals surface area contributed by atoms with Gasteiger partial charge in [0.25, 0.3) is 0 Å². The van der Waals surface area contributed by atoms with Crippen LogP contribution in [0, 0.1) is 5.41 Å². The lowest BCUT2D eigenvalue weighted by molar-refractivity contribution is -0.128. The van der Waals surface area contributed by atoms with Gasteiger partial charge in [-0.05, 0) is 24.8 Å². The Balaban J connectivity index is 2.55. The van der Waals surface area contributed by atoms with Crippen molar-refractivity contribution >= 4 is 5.91 Å². The number of hydrogen-bond donors (Lipinski definition) is 3. The lowest BCUT2D eigenvalue weighted by atomic mass is 9.77. The van der Waals surface area contributed by atoms with Crippen LogP contribution in [0.3, 0.4) is 0 Å². The maximum absolute atomic E-state index is 12.1. The molecule has 0 saturated carbocycles. The van der Waals surface area contributed by atoms with Crippen molar-refractivity contribution in [2.45, 2.75) is 38.8 Å². The van der Waals surface area contributed by atoms with Crippen molar-refractivity contribution in [1.29, 1.82) is 0 Å². The standard InChI is InChI=1S/C12H24N2O3/c1-12(2)5-4-6-13-10(12)11(16)14-9(7-15)8-17-3/h9-10,13,15H,4-8H2,1-3H3,(H,14,16). The van der Waals surface area contributed by atoms with Crippen LogP contribution in [-0.4, -0.2) is 50.0 Å². The van der Waals surface area contributed by atoms with E-state index in [0.717, 1.165) is 19.4 Å². The van der Waals surface area contributed by atoms with E-state index in [-0.39, 0.29) is 30.0 Å². The summed E-state index contributed by atoms with van der Waals surface area (Å²) in [6.45, 7) is 5.28. The Morgan fingerprint density at radius 2 is 2.35 bits per heavy atom. The van der Waals surface area contributed by atoms with E-state index in [9.17, 15) is 4.79 Å². The van der Waals surface area contributed by atoms with Crippen LogP contribution < -0.4 is 10.6 Å². The van der Waals surface area contributed by atoms with E-state index in [4.69, 9.17) is 9.84 Å². The summed E-state index contributed by atoms with van der Waals surface area (Å²) in [5.74, 6) is -0.0502. The summed E-state index contributed by atoms with van der Waals surface area (Å²) in [5.41, 5.74) is -0.0462. The molecule has 2 atom stereocenters. The second kappa shape index (κ2) is 6.33. The summed E-state index contributed by atoms with van der Waals surface area (Å²) >= 11 is 0. The Morgan fingerprint density at radius 3 is 2.88 bits per heavy atom. The molecule has 3 N–H and O–H groups in total. The summed E-state index contributed by atoms with van der Waals surface area (Å²) in [5, 5.41) is 15.2. The number of aliphatic hydroxyl groups excluding tert-OH is 1. The van der Waals surface area contributed by atoms with Crippen molar-refractivity contribution < 1.29 is 14.6 Å². The van der Waals surface area contributed by atoms with E-state index >= 15 is 0 Å². The number of ether oxygens (including phenoxy) is 1. The third-order valence-corrected chi connectivity index (χ3v) is 3.32. The van der Waals surface area contributed by atoms with Crippen molar-refractivity contribution in [3.05, 3.63) is 0 Å². The van der Waals surface area contributed by atoms with E-state index in [1.807, 2.05) is 0 Å². The van der Waals surface area contributed by atoms with Crippen LogP contribution in [0.5, 0.6) is 0 Å². The zero-order chi connectivity index (χ0) is 12.9. The maximum atomic E-state index is 12.1. The minimum atomic E-state index is -0.327. The van der Waals surface area contributed by atoms with Gasteiger partial charge in [0.15, 0.2) is 0 Å². The average molecular weight is 244 g/mol. The number of rotatable bonds is 5. The third kappa shape index (κ3) is 3.94. The molecule has 0 aromatic heterocycles. The molecule has 0 radical (unpaired) electrons. The molecule has 1 amide bonds. The molecule has 0 aliphatic carbocycles. The molecule has 0 aromatic carbocycles. The number of carbonyl (C=O) groups is 1. The summed E-state index contributed by atoms with van der Waals surface area (Å²) in [7, 11) is 1.55. The van der Waals surface area contributed by atoms with Crippen molar-refractivity contribution in [2.75, 3.05) is 26.9 Å². The predicted molar refractivity (Wildman–Crippen MR) is 65.7 cm³/mol. The van der Waals surface area contributed by atoms with Crippen LogP contribution in [0.25, 0.3) is 0 Å². The Labute approximate surface area is 103 Å². The zero-order valence-corrected chi connectivity index (χ0v) is 11.0. The number of carbonyl (C=O) groups excluding carboxylic acids is 1. The van der Waals surface area contributed by atoms with Gasteiger partial charge in [0.2, 0.25) is 5.91 Å². The molecule has 0 aromatic rings. The quantitative estimate of drug-likeness (QED) is 0.631. The Morgan fingerprint density at radius 1 is 1.65 bits per heavy atom. The lowest BCUT2D eigenvalue weighted by Gasteiger charge is -2.38. The van der Waals surface area contributed by atoms with Gasteiger partial charge in [-0.15, -0.1) is 0 Å². The molecule has 2 unspecified atom stereocenters. The first kappa shape index (κ1) is 14.4. The van der Waals surface area contributed by atoms with Gasteiger partial charge < -0.3 is 20.5 Å². The topological polar surface area (TPSA) is 70.6 Å². The van der Waals surface area contributed by atoms with E-state index in [1.165, 1.54) is 0 Å². The molecular formula is C12H24N2O3. The van der Waals surface area contributed by atoms with E-state index in [2.05, 4.69) is 24.5 Å². The molecule has 1 aliphatic rings. The maximum Gasteiger partial charge on any atom is 0.238 e. The lowest BCUT2D eigenvalue weighted by Crippen LogP contribution is -2.58. The van der Waals surface area contributed by atoms with Gasteiger partial charge in [0.05, 0.1) is 25.3 Å². The molecule has 1 rings (SSSR count). The van der Waals surface area contributed by atoms with Gasteiger partial charge in [0.1, 0.15) is 0 Å². The van der Waals surface area contributed by atoms with Crippen molar-refractivity contribution in [2.24, 2.45) is 5.41 Å². The molecule has 1 heterocycles. The van der Waals surface area contributed by atoms with E-state index in [1.54, 1.807) is 7.11 Å². The average Bonchev–Trinajstić information content (AvgIpc) is 2.27. The summed E-state index contributed by atoms with van der Waals surface area (Å²) < 4.78 is 4.94. The first-order valence-corrected chi connectivity index (χ1v) is 6.15. The first-order valence-electron chi connectivity index (χ1n) is 6.15. The predicted octanol–water partition coefficient (Wildman–Crippen LogP) is -0.112. The summed E-state index contributed by atoms with van der Waals surface area (Å²) in [4.78, 5) is 12.1. The second-order valence-electron chi connectivity index (χ2n) is 5.32. The van der Waals surface area contributed by atoms with Gasteiger partial charge in [-0.3, -0.25) is 4.79 Å². The van der Waals surface area contributed by atoms with Gasteiger partial charge in [-0.1, -0.05) is 13.8 Å². The summed E-state index contributed by atoms with van der Waals surface area (Å²) in [6.07, 6.45) is 2.13. The molecular weight excluding hydrogens is 220 g/mol. The smallest absolute Gasteiger partial charge is 0.238 e. The van der Waals surface area contributed by atoms with Crippen LogP contribution in [0.15, 0.2) is 0 Å². The molecule has 0 spiro atoms. The SMILES string of the molecule is COCC(CO)NC(=O)C1NCCCC1(C)C. The molecule has 5 nitrogen and oxygen atoms in total. The molecule has 5 heteroatoms. The molecule has 1 saturated heterocycles. The number of amides is 1. The highest BCUT2D eigenvalue weighted by molar-refractivity contribution is 5.83. The normalized spacial score (nSPS) is 25.3. The molecule has 1 fully saturated rings. The number of aliphatic hydroxyl groups is 1. The highest BCUT2D eigenvalue weighted by Crippen LogP contribution is 2.30. The van der Waals surface area contributed by atoms with Gasteiger partial charge in [-0.25, -0.2) is 0 Å². The Hall–Kier alpha value is -0.650. The van der Waals surface area contributed by atoms with E-state index < -0.39 is 0 Å². The summed E-state index contributed by atoms with van der Waals surface area (Å²) in [6, 6.07) is -0.519. The van der Waals surface area contributed by atoms with Crippen LogP contribution in [-0.2, 0) is 9.53 Å². The zero-order valence-electron chi connectivity index (χ0n) is 11.0. The molecule has 0 bridgehead atoms. The number of methoxy groups -OCH3 is 1. The van der Waals surface area contributed by atoms with Crippen molar-refractivity contribution in [1.82, 2.24) is 10.6 Å². The largest absolute Gasteiger partial charge is 0.394 e. The fourth-order valence-electron chi connectivity index (χ4n) is 2.28. The van der Waals surface area contributed by atoms with Crippen molar-refractivity contribution in [3.8, 4) is 0 Å². The van der Waals surface area contributed by atoms with E-state index in [0.29, 0.717) is 6.61 Å². The first-order chi connectivity index (χ1) is 8.01. The fourth-order valence-corrected chi connectivity index (χ4v) is 2.28. The van der Waals surface area contributed by atoms with Gasteiger partial charge in [0, 0.05) is 7.11 Å². The highest BCUT2D eigenvalue weighted by atomic mass is 16.5. The minimum Gasteiger partial charge on any atom is -0.394 e. The van der Waals surface area contributed by atoms with Crippen LogP contribution >= 0.6 is 0 Å². The molecule has 17 heavy (non-hydrogen) atoms. The molecule has 1 aliphatic heterocycles. The van der Waals surface area contributed by atoms with Crippen LogP contribution in [0.1, 0.15) is 26.7 Å². The molecule has 100 valence electrons. The number of piperidine rings is 1. The van der Waals surface area contributed by atoms with Gasteiger partial charge in [-0.2, -0.15) is 0 Å². The Bertz CT molecular complexity index is 256. The second-order valence-corrected chi connectivity index (χ2v) is 5.32.